The van der Waals surface area contributed by atoms with Crippen LogP contribution >= 0.6 is 0 Å². The van der Waals surface area contributed by atoms with Gasteiger partial charge in [-0.25, -0.2) is 4.39 Å². The van der Waals surface area contributed by atoms with Gasteiger partial charge < -0.3 is 20.5 Å². The van der Waals surface area contributed by atoms with E-state index in [-0.39, 0.29) is 11.3 Å². The molecule has 0 saturated carbocycles. The van der Waals surface area contributed by atoms with Crippen molar-refractivity contribution < 1.29 is 18.7 Å². The van der Waals surface area contributed by atoms with Crippen molar-refractivity contribution in [3.05, 3.63) is 47.8 Å². The largest absolute Gasteiger partial charge is 0.496 e. The molecule has 0 heterocycles. The molecule has 0 unspecified atom stereocenters. The molecule has 0 radical (unpaired) electrons. The first-order valence-electron chi connectivity index (χ1n) is 6.13. The van der Waals surface area contributed by atoms with Crippen LogP contribution in [0.1, 0.15) is 10.4 Å². The number of halogens is 1. The first-order chi connectivity index (χ1) is 10.0. The Kier molecular flexibility index (Phi) is 4.27. The number of anilines is 2. The van der Waals surface area contributed by atoms with Crippen LogP contribution in [0.2, 0.25) is 0 Å². The van der Waals surface area contributed by atoms with Crippen LogP contribution in [0.5, 0.6) is 11.5 Å². The van der Waals surface area contributed by atoms with E-state index >= 15 is 0 Å². The van der Waals surface area contributed by atoms with Crippen LogP contribution in [0.3, 0.4) is 0 Å². The summed E-state index contributed by atoms with van der Waals surface area (Å²) in [6.07, 6.45) is 0. The Hall–Kier alpha value is -2.76. The Labute approximate surface area is 121 Å². The molecule has 2 rings (SSSR count). The summed E-state index contributed by atoms with van der Waals surface area (Å²) < 4.78 is 23.3. The lowest BCUT2D eigenvalue weighted by Crippen LogP contribution is -2.14. The lowest BCUT2D eigenvalue weighted by Gasteiger charge is -2.12. The first-order valence-corrected chi connectivity index (χ1v) is 6.13. The molecule has 21 heavy (non-hydrogen) atoms. The fourth-order valence-corrected chi connectivity index (χ4v) is 1.86. The van der Waals surface area contributed by atoms with Gasteiger partial charge in [0.05, 0.1) is 25.5 Å². The number of hydrogen-bond donors (Lipinski definition) is 2. The molecule has 0 fully saturated rings. The zero-order valence-electron chi connectivity index (χ0n) is 11.6. The standard InChI is InChI=1S/C15H15FN2O3/c1-20-13-6-4-10(17)8-11(13)15(19)18-12-5-3-9(16)7-14(12)21-2/h3-8H,17H2,1-2H3,(H,18,19). The van der Waals surface area contributed by atoms with Crippen molar-refractivity contribution >= 4 is 17.3 Å². The number of carbonyl (C=O) groups is 1. The van der Waals surface area contributed by atoms with E-state index < -0.39 is 11.7 Å². The SMILES string of the molecule is COc1cc(F)ccc1NC(=O)c1cc(N)ccc1OC. The van der Waals surface area contributed by atoms with Crippen molar-refractivity contribution in [2.75, 3.05) is 25.3 Å². The summed E-state index contributed by atoms with van der Waals surface area (Å²) in [5.41, 5.74) is 6.75. The summed E-state index contributed by atoms with van der Waals surface area (Å²) in [4.78, 5) is 12.3. The number of ether oxygens (including phenoxy) is 2. The summed E-state index contributed by atoms with van der Waals surface area (Å²) in [5.74, 6) is -0.260. The first kappa shape index (κ1) is 14.6. The number of methoxy groups -OCH3 is 2. The summed E-state index contributed by atoms with van der Waals surface area (Å²) in [5, 5.41) is 2.64. The van der Waals surface area contributed by atoms with Crippen molar-refractivity contribution in [3.8, 4) is 11.5 Å². The van der Waals surface area contributed by atoms with Crippen molar-refractivity contribution in [2.45, 2.75) is 0 Å². The van der Waals surface area contributed by atoms with Crippen LogP contribution in [0.25, 0.3) is 0 Å². The highest BCUT2D eigenvalue weighted by molar-refractivity contribution is 6.07. The van der Waals surface area contributed by atoms with Crippen LogP contribution in [0.4, 0.5) is 15.8 Å². The molecule has 2 aromatic rings. The predicted octanol–water partition coefficient (Wildman–Crippen LogP) is 2.68. The van der Waals surface area contributed by atoms with E-state index in [1.807, 2.05) is 0 Å². The molecule has 0 aromatic heterocycles. The third kappa shape index (κ3) is 3.22. The molecule has 0 bridgehead atoms. The Balaban J connectivity index is 2.32. The molecule has 1 amide bonds. The summed E-state index contributed by atoms with van der Waals surface area (Å²) in [7, 11) is 2.85. The summed E-state index contributed by atoms with van der Waals surface area (Å²) >= 11 is 0. The van der Waals surface area contributed by atoms with Gasteiger partial charge in [-0.1, -0.05) is 0 Å². The quantitative estimate of drug-likeness (QED) is 0.849. The zero-order chi connectivity index (χ0) is 15.4. The van der Waals surface area contributed by atoms with Crippen molar-refractivity contribution in [2.24, 2.45) is 0 Å². The van der Waals surface area contributed by atoms with Crippen molar-refractivity contribution in [1.29, 1.82) is 0 Å². The van der Waals surface area contributed by atoms with Gasteiger partial charge in [-0.3, -0.25) is 4.79 Å². The number of nitrogens with one attached hydrogen (secondary N) is 1. The molecule has 3 N–H and O–H groups in total. The van der Waals surface area contributed by atoms with E-state index in [1.54, 1.807) is 12.1 Å². The number of hydrogen-bond acceptors (Lipinski definition) is 4. The van der Waals surface area contributed by atoms with Gasteiger partial charge >= 0.3 is 0 Å². The lowest BCUT2D eigenvalue weighted by molar-refractivity contribution is 0.102. The van der Waals surface area contributed by atoms with E-state index in [0.717, 1.165) is 0 Å². The minimum atomic E-state index is -0.452. The molecule has 0 atom stereocenters. The molecule has 0 aliphatic rings. The number of nitrogen functional groups attached to an aromatic ring is 1. The van der Waals surface area contributed by atoms with Gasteiger partial charge in [0.1, 0.15) is 17.3 Å². The lowest BCUT2D eigenvalue weighted by atomic mass is 10.1. The molecule has 0 aliphatic heterocycles. The summed E-state index contributed by atoms with van der Waals surface area (Å²) in [6.45, 7) is 0. The number of benzene rings is 2. The predicted molar refractivity (Wildman–Crippen MR) is 78.3 cm³/mol. The number of rotatable bonds is 4. The monoisotopic (exact) mass is 290 g/mol. The second-order valence-corrected chi connectivity index (χ2v) is 4.26. The van der Waals surface area contributed by atoms with E-state index in [4.69, 9.17) is 15.2 Å². The van der Waals surface area contributed by atoms with Crippen LogP contribution in [-0.4, -0.2) is 20.1 Å². The normalized spacial score (nSPS) is 10.0. The van der Waals surface area contributed by atoms with Gasteiger partial charge in [0, 0.05) is 11.8 Å². The highest BCUT2D eigenvalue weighted by Gasteiger charge is 2.15. The average Bonchev–Trinajstić information content (AvgIpc) is 2.48. The highest BCUT2D eigenvalue weighted by atomic mass is 19.1. The molecular weight excluding hydrogens is 275 g/mol. The minimum Gasteiger partial charge on any atom is -0.496 e. The van der Waals surface area contributed by atoms with Crippen molar-refractivity contribution in [3.63, 3.8) is 0 Å². The van der Waals surface area contributed by atoms with Gasteiger partial charge in [-0.2, -0.15) is 0 Å². The third-order valence-electron chi connectivity index (χ3n) is 2.88. The fraction of sp³-hybridized carbons (Fsp3) is 0.133. The van der Waals surface area contributed by atoms with Crippen LogP contribution in [0.15, 0.2) is 36.4 Å². The maximum Gasteiger partial charge on any atom is 0.259 e. The molecule has 0 aliphatic carbocycles. The fourth-order valence-electron chi connectivity index (χ4n) is 1.86. The van der Waals surface area contributed by atoms with Gasteiger partial charge in [-0.05, 0) is 30.3 Å². The topological polar surface area (TPSA) is 73.6 Å². The molecular formula is C15H15FN2O3. The summed E-state index contributed by atoms with van der Waals surface area (Å²) in [6, 6.07) is 8.58. The van der Waals surface area contributed by atoms with Gasteiger partial charge in [0.15, 0.2) is 0 Å². The number of nitrogens with two attached hydrogens (primary N) is 1. The average molecular weight is 290 g/mol. The van der Waals surface area contributed by atoms with Gasteiger partial charge in [0.25, 0.3) is 5.91 Å². The van der Waals surface area contributed by atoms with Crippen LogP contribution < -0.4 is 20.5 Å². The molecule has 5 nitrogen and oxygen atoms in total. The molecule has 6 heteroatoms. The Morgan fingerprint density at radius 3 is 2.48 bits per heavy atom. The van der Waals surface area contributed by atoms with Crippen molar-refractivity contribution in [1.82, 2.24) is 0 Å². The second-order valence-electron chi connectivity index (χ2n) is 4.26. The zero-order valence-corrected chi connectivity index (χ0v) is 11.6. The molecule has 0 spiro atoms. The highest BCUT2D eigenvalue weighted by Crippen LogP contribution is 2.27. The number of amides is 1. The Bertz CT molecular complexity index is 674. The van der Waals surface area contributed by atoms with Crippen LogP contribution in [-0.2, 0) is 0 Å². The van der Waals surface area contributed by atoms with E-state index in [2.05, 4.69) is 5.32 Å². The second kappa shape index (κ2) is 6.13. The number of carbonyl (C=O) groups excluding carboxylic acids is 1. The minimum absolute atomic E-state index is 0.228. The third-order valence-corrected chi connectivity index (χ3v) is 2.88. The molecule has 2 aromatic carbocycles. The maximum atomic E-state index is 13.1. The Morgan fingerprint density at radius 2 is 1.81 bits per heavy atom. The maximum absolute atomic E-state index is 13.1. The van der Waals surface area contributed by atoms with Gasteiger partial charge in [-0.15, -0.1) is 0 Å². The molecule has 110 valence electrons. The van der Waals surface area contributed by atoms with E-state index in [9.17, 15) is 9.18 Å². The molecule has 0 saturated heterocycles. The smallest absolute Gasteiger partial charge is 0.259 e. The van der Waals surface area contributed by atoms with Crippen LogP contribution in [0, 0.1) is 5.82 Å². The Morgan fingerprint density at radius 1 is 1.10 bits per heavy atom. The van der Waals surface area contributed by atoms with E-state index in [0.29, 0.717) is 17.1 Å². The van der Waals surface area contributed by atoms with Gasteiger partial charge in [0.2, 0.25) is 0 Å². The van der Waals surface area contributed by atoms with E-state index in [1.165, 1.54) is 38.5 Å².